The molecule has 5 heteroatoms. The summed E-state index contributed by atoms with van der Waals surface area (Å²) in [6, 6.07) is 5.59. The fourth-order valence-corrected chi connectivity index (χ4v) is 2.63. The minimum atomic E-state index is -4.29. The maximum Gasteiger partial charge on any atom is 0.416 e. The summed E-state index contributed by atoms with van der Waals surface area (Å²) in [6.45, 7) is 0.742. The van der Waals surface area contributed by atoms with E-state index in [-0.39, 0.29) is 12.1 Å². The minimum absolute atomic E-state index is 0.0544. The van der Waals surface area contributed by atoms with Gasteiger partial charge in [0.15, 0.2) is 0 Å². The van der Waals surface area contributed by atoms with Crippen LogP contribution in [0.4, 0.5) is 13.2 Å². The van der Waals surface area contributed by atoms with Crippen LogP contribution in [-0.4, -0.2) is 25.8 Å². The summed E-state index contributed by atoms with van der Waals surface area (Å²) in [6.07, 6.45) is -0.507. The van der Waals surface area contributed by atoms with Crippen LogP contribution in [0.15, 0.2) is 24.3 Å². The summed E-state index contributed by atoms with van der Waals surface area (Å²) >= 11 is 0. The van der Waals surface area contributed by atoms with Gasteiger partial charge in [-0.25, -0.2) is 0 Å². The molecular weight excluding hydrogens is 267 g/mol. The predicted octanol–water partition coefficient (Wildman–Crippen LogP) is 3.41. The van der Waals surface area contributed by atoms with Crippen LogP contribution in [0.1, 0.15) is 30.4 Å². The Labute approximate surface area is 117 Å². The topological polar surface area (TPSA) is 21.3 Å². The van der Waals surface area contributed by atoms with Crippen LogP contribution < -0.4 is 5.32 Å². The molecule has 0 bridgehead atoms. The standard InChI is InChI=1S/C15H20F3NO/c1-19-13(14-7-2-3-8-20-14)10-11-5-4-6-12(9-11)15(16,17)18/h4-6,9,13-14,19H,2-3,7-8,10H2,1H3. The number of halogens is 3. The van der Waals surface area contributed by atoms with E-state index in [9.17, 15) is 13.2 Å². The molecule has 2 rings (SSSR count). The number of hydrogen-bond donors (Lipinski definition) is 1. The lowest BCUT2D eigenvalue weighted by Gasteiger charge is -2.30. The van der Waals surface area contributed by atoms with Crippen LogP contribution in [0.25, 0.3) is 0 Å². The van der Waals surface area contributed by atoms with Crippen molar-refractivity contribution in [3.05, 3.63) is 35.4 Å². The van der Waals surface area contributed by atoms with Gasteiger partial charge in [-0.05, 0) is 44.4 Å². The highest BCUT2D eigenvalue weighted by molar-refractivity contribution is 5.26. The molecule has 0 spiro atoms. The van der Waals surface area contributed by atoms with E-state index in [1.54, 1.807) is 6.07 Å². The van der Waals surface area contributed by atoms with Crippen LogP contribution in [0.5, 0.6) is 0 Å². The van der Waals surface area contributed by atoms with Gasteiger partial charge in [-0.2, -0.15) is 13.2 Å². The maximum atomic E-state index is 12.7. The number of benzene rings is 1. The van der Waals surface area contributed by atoms with Gasteiger partial charge in [0.2, 0.25) is 0 Å². The summed E-state index contributed by atoms with van der Waals surface area (Å²) in [7, 11) is 1.83. The molecule has 1 aromatic rings. The molecule has 2 unspecified atom stereocenters. The third-order valence-electron chi connectivity index (χ3n) is 3.74. The zero-order valence-electron chi connectivity index (χ0n) is 11.5. The van der Waals surface area contributed by atoms with E-state index in [1.807, 2.05) is 7.05 Å². The number of ether oxygens (including phenoxy) is 1. The van der Waals surface area contributed by atoms with E-state index < -0.39 is 11.7 Å². The highest BCUT2D eigenvalue weighted by Gasteiger charge is 2.31. The van der Waals surface area contributed by atoms with Crippen LogP contribution in [0.2, 0.25) is 0 Å². The van der Waals surface area contributed by atoms with Gasteiger partial charge < -0.3 is 10.1 Å². The average Bonchev–Trinajstić information content (AvgIpc) is 2.45. The van der Waals surface area contributed by atoms with E-state index in [0.717, 1.165) is 31.9 Å². The highest BCUT2D eigenvalue weighted by atomic mass is 19.4. The Bertz CT molecular complexity index is 427. The van der Waals surface area contributed by atoms with Crippen LogP contribution in [0.3, 0.4) is 0 Å². The van der Waals surface area contributed by atoms with Crippen molar-refractivity contribution in [3.8, 4) is 0 Å². The minimum Gasteiger partial charge on any atom is -0.377 e. The fraction of sp³-hybridized carbons (Fsp3) is 0.600. The van der Waals surface area contributed by atoms with Crippen molar-refractivity contribution in [1.29, 1.82) is 0 Å². The Kier molecular flexibility index (Phi) is 5.05. The zero-order valence-corrected chi connectivity index (χ0v) is 11.5. The molecule has 20 heavy (non-hydrogen) atoms. The first-order chi connectivity index (χ1) is 9.50. The third kappa shape index (κ3) is 3.96. The van der Waals surface area contributed by atoms with Gasteiger partial charge in [0, 0.05) is 12.6 Å². The van der Waals surface area contributed by atoms with Crippen molar-refractivity contribution in [3.63, 3.8) is 0 Å². The highest BCUT2D eigenvalue weighted by Crippen LogP contribution is 2.30. The normalized spacial score (nSPS) is 21.7. The summed E-state index contributed by atoms with van der Waals surface area (Å²) in [5.41, 5.74) is 0.0998. The molecule has 0 amide bonds. The van der Waals surface area contributed by atoms with Gasteiger partial charge >= 0.3 is 6.18 Å². The first-order valence-corrected chi connectivity index (χ1v) is 6.95. The SMILES string of the molecule is CNC(Cc1cccc(C(F)(F)F)c1)C1CCCCO1. The maximum absolute atomic E-state index is 12.7. The molecule has 1 N–H and O–H groups in total. The van der Waals surface area contributed by atoms with Crippen molar-refractivity contribution in [1.82, 2.24) is 5.32 Å². The number of hydrogen-bond acceptors (Lipinski definition) is 2. The zero-order chi connectivity index (χ0) is 14.6. The Balaban J connectivity index is 2.07. The summed E-state index contributed by atoms with van der Waals surface area (Å²) in [5, 5.41) is 3.17. The second kappa shape index (κ2) is 6.59. The first kappa shape index (κ1) is 15.3. The van der Waals surface area contributed by atoms with Crippen molar-refractivity contribution >= 4 is 0 Å². The Hall–Kier alpha value is -1.07. The summed E-state index contributed by atoms with van der Waals surface area (Å²) in [4.78, 5) is 0. The molecule has 0 radical (unpaired) electrons. The van der Waals surface area contributed by atoms with Crippen molar-refractivity contribution in [2.45, 2.75) is 44.0 Å². The molecule has 0 saturated carbocycles. The molecule has 1 heterocycles. The summed E-state index contributed by atoms with van der Waals surface area (Å²) in [5.74, 6) is 0. The molecule has 1 aliphatic heterocycles. The molecule has 1 aliphatic rings. The lowest BCUT2D eigenvalue weighted by molar-refractivity contribution is -0.137. The van der Waals surface area contributed by atoms with E-state index in [2.05, 4.69) is 5.32 Å². The average molecular weight is 287 g/mol. The quantitative estimate of drug-likeness (QED) is 0.916. The smallest absolute Gasteiger partial charge is 0.377 e. The molecule has 1 fully saturated rings. The molecular formula is C15H20F3NO. The van der Waals surface area contributed by atoms with Crippen molar-refractivity contribution in [2.24, 2.45) is 0 Å². The summed E-state index contributed by atoms with van der Waals surface area (Å²) < 4.78 is 43.8. The lowest BCUT2D eigenvalue weighted by Crippen LogP contribution is -2.42. The van der Waals surface area contributed by atoms with Gasteiger partial charge in [-0.15, -0.1) is 0 Å². The largest absolute Gasteiger partial charge is 0.416 e. The Morgan fingerprint density at radius 3 is 2.75 bits per heavy atom. The molecule has 2 atom stereocenters. The fourth-order valence-electron chi connectivity index (χ4n) is 2.63. The number of nitrogens with one attached hydrogen (secondary N) is 1. The first-order valence-electron chi connectivity index (χ1n) is 6.95. The number of rotatable bonds is 4. The Morgan fingerprint density at radius 2 is 2.15 bits per heavy atom. The van der Waals surface area contributed by atoms with Crippen LogP contribution in [-0.2, 0) is 17.3 Å². The number of likely N-dealkylation sites (N-methyl/N-ethyl adjacent to an activating group) is 1. The van der Waals surface area contributed by atoms with E-state index >= 15 is 0 Å². The van der Waals surface area contributed by atoms with E-state index in [4.69, 9.17) is 4.74 Å². The monoisotopic (exact) mass is 287 g/mol. The van der Waals surface area contributed by atoms with Crippen molar-refractivity contribution in [2.75, 3.05) is 13.7 Å². The molecule has 2 nitrogen and oxygen atoms in total. The second-order valence-corrected chi connectivity index (χ2v) is 5.20. The van der Waals surface area contributed by atoms with Gasteiger partial charge in [0.05, 0.1) is 11.7 Å². The Morgan fingerprint density at radius 1 is 1.35 bits per heavy atom. The van der Waals surface area contributed by atoms with Gasteiger partial charge in [0.1, 0.15) is 0 Å². The molecule has 0 aromatic heterocycles. The third-order valence-corrected chi connectivity index (χ3v) is 3.74. The number of alkyl halides is 3. The predicted molar refractivity (Wildman–Crippen MR) is 71.6 cm³/mol. The van der Waals surface area contributed by atoms with Crippen molar-refractivity contribution < 1.29 is 17.9 Å². The van der Waals surface area contributed by atoms with Gasteiger partial charge in [-0.3, -0.25) is 0 Å². The van der Waals surface area contributed by atoms with Gasteiger partial charge in [-0.1, -0.05) is 18.2 Å². The lowest BCUT2D eigenvalue weighted by atomic mass is 9.95. The van der Waals surface area contributed by atoms with Crippen LogP contribution in [0, 0.1) is 0 Å². The van der Waals surface area contributed by atoms with E-state index in [0.29, 0.717) is 12.0 Å². The molecule has 0 aliphatic carbocycles. The van der Waals surface area contributed by atoms with Crippen LogP contribution >= 0.6 is 0 Å². The molecule has 112 valence electrons. The molecule has 1 saturated heterocycles. The molecule has 1 aromatic carbocycles. The van der Waals surface area contributed by atoms with Gasteiger partial charge in [0.25, 0.3) is 0 Å². The van der Waals surface area contributed by atoms with E-state index in [1.165, 1.54) is 12.1 Å². The second-order valence-electron chi connectivity index (χ2n) is 5.20.